The number of rotatable bonds is 40. The third-order valence-electron chi connectivity index (χ3n) is 9.06. The summed E-state index contributed by atoms with van der Waals surface area (Å²) in [5.74, 6) is -1.03. The Morgan fingerprint density at radius 2 is 0.855 bits per heavy atom. The maximum Gasteiger partial charge on any atom is 0.472 e. The first-order chi connectivity index (χ1) is 26.8. The van der Waals surface area contributed by atoms with Gasteiger partial charge in [0.1, 0.15) is 12.2 Å². The number of aliphatic hydroxyl groups excluding tert-OH is 2. The number of carbonyl (C=O) groups excluding carboxylic acids is 2. The summed E-state index contributed by atoms with van der Waals surface area (Å²) in [5.41, 5.74) is 0. The maximum absolute atomic E-state index is 12.3. The Morgan fingerprint density at radius 3 is 1.24 bits per heavy atom. The molecule has 55 heavy (non-hydrogen) atoms. The summed E-state index contributed by atoms with van der Waals surface area (Å²) in [7, 11) is -4.63. The normalized spacial score (nSPS) is 14.3. The Hall–Kier alpha value is -2.07. The van der Waals surface area contributed by atoms with Gasteiger partial charge in [-0.05, 0) is 51.4 Å². The van der Waals surface area contributed by atoms with Gasteiger partial charge in [-0.25, -0.2) is 4.57 Å². The minimum Gasteiger partial charge on any atom is -0.457 e. The van der Waals surface area contributed by atoms with Gasteiger partial charge in [-0.2, -0.15) is 0 Å². The van der Waals surface area contributed by atoms with Crippen molar-refractivity contribution in [3.8, 4) is 0 Å². The molecule has 0 aliphatic carbocycles. The van der Waals surface area contributed by atoms with E-state index in [2.05, 4.69) is 62.5 Å². The first kappa shape index (κ1) is 52.9. The number of hydrogen-bond donors (Lipinski definition) is 3. The monoisotopic (exact) mass is 799 g/mol. The molecule has 0 rings (SSSR count). The fourth-order valence-corrected chi connectivity index (χ4v) is 6.54. The van der Waals surface area contributed by atoms with Crippen molar-refractivity contribution in [1.82, 2.24) is 0 Å². The van der Waals surface area contributed by atoms with Gasteiger partial charge in [0.25, 0.3) is 0 Å². The molecule has 0 saturated heterocycles. The van der Waals surface area contributed by atoms with Gasteiger partial charge < -0.3 is 24.6 Å². The fourth-order valence-electron chi connectivity index (χ4n) is 5.75. The van der Waals surface area contributed by atoms with Crippen molar-refractivity contribution in [2.75, 3.05) is 26.4 Å². The second-order valence-electron chi connectivity index (χ2n) is 14.3. The van der Waals surface area contributed by atoms with E-state index in [-0.39, 0.29) is 12.8 Å². The van der Waals surface area contributed by atoms with E-state index in [1.54, 1.807) is 0 Å². The van der Waals surface area contributed by atoms with Crippen LogP contribution in [0.3, 0.4) is 0 Å². The summed E-state index contributed by atoms with van der Waals surface area (Å²) < 4.78 is 32.5. The Balaban J connectivity index is 3.86. The molecule has 3 atom stereocenters. The van der Waals surface area contributed by atoms with Crippen molar-refractivity contribution in [3.05, 3.63) is 48.6 Å². The Bertz CT molecular complexity index is 1060. The highest BCUT2D eigenvalue weighted by Crippen LogP contribution is 2.43. The number of phosphoric ester groups is 1. The predicted octanol–water partition coefficient (Wildman–Crippen LogP) is 11.3. The summed E-state index contributed by atoms with van der Waals surface area (Å²) in [6.45, 7) is 2.06. The minimum absolute atomic E-state index is 0.186. The van der Waals surface area contributed by atoms with Gasteiger partial charge in [0.15, 0.2) is 0 Å². The second kappa shape index (κ2) is 40.1. The van der Waals surface area contributed by atoms with Crippen molar-refractivity contribution >= 4 is 19.8 Å². The third-order valence-corrected chi connectivity index (χ3v) is 10.0. The number of unbranched alkanes of at least 4 members (excludes halogenated alkanes) is 18. The van der Waals surface area contributed by atoms with Crippen LogP contribution in [-0.2, 0) is 32.7 Å². The Labute approximate surface area is 334 Å². The number of hydrogen-bond acceptors (Lipinski definition) is 9. The third kappa shape index (κ3) is 38.6. The number of allylic oxidation sites excluding steroid dienone is 8. The van der Waals surface area contributed by atoms with Gasteiger partial charge in [0.05, 0.1) is 26.4 Å². The summed E-state index contributed by atoms with van der Waals surface area (Å²) in [6, 6.07) is 0. The van der Waals surface area contributed by atoms with E-state index in [0.717, 1.165) is 70.6 Å². The van der Waals surface area contributed by atoms with Crippen molar-refractivity contribution < 1.29 is 47.8 Å². The molecule has 0 heterocycles. The average Bonchev–Trinajstić information content (AvgIpc) is 3.17. The first-order valence-electron chi connectivity index (χ1n) is 21.6. The van der Waals surface area contributed by atoms with Crippen LogP contribution in [-0.4, -0.2) is 65.7 Å². The van der Waals surface area contributed by atoms with Gasteiger partial charge in [0, 0.05) is 12.8 Å². The van der Waals surface area contributed by atoms with Crippen LogP contribution in [0.4, 0.5) is 0 Å². The molecule has 3 unspecified atom stereocenters. The van der Waals surface area contributed by atoms with Crippen LogP contribution in [0.1, 0.15) is 181 Å². The molecule has 11 heteroatoms. The Morgan fingerprint density at radius 1 is 0.509 bits per heavy atom. The number of aliphatic hydroxyl groups is 2. The van der Waals surface area contributed by atoms with Crippen LogP contribution in [0.5, 0.6) is 0 Å². The van der Waals surface area contributed by atoms with Crippen LogP contribution in [0, 0.1) is 0 Å². The minimum atomic E-state index is -4.63. The molecule has 0 amide bonds. The zero-order chi connectivity index (χ0) is 40.5. The molecule has 3 N–H and O–H groups in total. The number of esters is 2. The molecular formula is C44H79O10P. The lowest BCUT2D eigenvalue weighted by Gasteiger charge is -2.20. The topological polar surface area (TPSA) is 149 Å². The predicted molar refractivity (Wildman–Crippen MR) is 224 cm³/mol. The van der Waals surface area contributed by atoms with Gasteiger partial charge in [0.2, 0.25) is 0 Å². The largest absolute Gasteiger partial charge is 0.472 e. The molecular weight excluding hydrogens is 719 g/mol. The van der Waals surface area contributed by atoms with Crippen LogP contribution >= 0.6 is 7.82 Å². The molecule has 0 aromatic heterocycles. The molecule has 0 saturated carbocycles. The lowest BCUT2D eigenvalue weighted by molar-refractivity contribution is -0.153. The lowest BCUT2D eigenvalue weighted by Crippen LogP contribution is -2.28. The van der Waals surface area contributed by atoms with Crippen molar-refractivity contribution in [3.63, 3.8) is 0 Å². The van der Waals surface area contributed by atoms with Crippen molar-refractivity contribution in [2.45, 2.75) is 193 Å². The van der Waals surface area contributed by atoms with Crippen LogP contribution in [0.15, 0.2) is 48.6 Å². The number of ether oxygens (including phenoxy) is 2. The highest BCUT2D eigenvalue weighted by molar-refractivity contribution is 7.47. The zero-order valence-electron chi connectivity index (χ0n) is 34.6. The molecule has 10 nitrogen and oxygen atoms in total. The van der Waals surface area contributed by atoms with Crippen molar-refractivity contribution in [1.29, 1.82) is 0 Å². The van der Waals surface area contributed by atoms with Gasteiger partial charge in [-0.3, -0.25) is 18.6 Å². The molecule has 0 aromatic rings. The van der Waals surface area contributed by atoms with Crippen LogP contribution < -0.4 is 0 Å². The molecule has 0 fully saturated rings. The molecule has 0 aromatic carbocycles. The van der Waals surface area contributed by atoms with Crippen LogP contribution in [0.25, 0.3) is 0 Å². The molecule has 0 spiro atoms. The highest BCUT2D eigenvalue weighted by Gasteiger charge is 2.27. The summed E-state index contributed by atoms with van der Waals surface area (Å²) in [5, 5.41) is 19.1. The summed E-state index contributed by atoms with van der Waals surface area (Å²) >= 11 is 0. The quantitative estimate of drug-likeness (QED) is 0.0237. The molecule has 320 valence electrons. The molecule has 0 aliphatic rings. The van der Waals surface area contributed by atoms with E-state index in [0.29, 0.717) is 12.8 Å². The van der Waals surface area contributed by atoms with E-state index in [1.165, 1.54) is 70.6 Å². The van der Waals surface area contributed by atoms with Crippen molar-refractivity contribution in [2.24, 2.45) is 0 Å². The summed E-state index contributed by atoms with van der Waals surface area (Å²) in [6.07, 6.45) is 42.4. The van der Waals surface area contributed by atoms with Crippen LogP contribution in [0.2, 0.25) is 0 Å². The number of carbonyl (C=O) groups is 2. The standard InChI is InChI=1S/C44H79O10P/c1-3-5-7-9-11-13-14-15-16-17-18-19-20-21-22-23-24-25-26-28-30-32-34-36-44(48)54-42(38-46)40-52-55(49,50)51-39-41(37-45)53-43(47)35-33-31-29-27-12-10-8-6-4-2/h5,7,11,13,15-16,18-19,41-42,45-46H,3-4,6,8-10,12,14,17,20-40H2,1-2H3,(H,49,50)/b7-5-,13-11-,16-15-,19-18-. The van der Waals surface area contributed by atoms with Gasteiger partial charge in [-0.1, -0.05) is 165 Å². The SMILES string of the molecule is CC/C=C\C/C=C\C/C=C\C/C=C\CCCCCCCCCCCCC(=O)OC(CO)COP(=O)(O)OCC(CO)OC(=O)CCCCCCCCCCC. The van der Waals surface area contributed by atoms with E-state index >= 15 is 0 Å². The summed E-state index contributed by atoms with van der Waals surface area (Å²) in [4.78, 5) is 34.4. The fraction of sp³-hybridized carbons (Fsp3) is 0.773. The number of phosphoric acid groups is 1. The van der Waals surface area contributed by atoms with E-state index in [1.807, 2.05) is 0 Å². The zero-order valence-corrected chi connectivity index (χ0v) is 35.5. The smallest absolute Gasteiger partial charge is 0.457 e. The van der Waals surface area contributed by atoms with E-state index < -0.39 is 58.4 Å². The van der Waals surface area contributed by atoms with Gasteiger partial charge in [-0.15, -0.1) is 0 Å². The molecule has 0 bridgehead atoms. The molecule has 0 radical (unpaired) electrons. The maximum atomic E-state index is 12.3. The second-order valence-corrected chi connectivity index (χ2v) is 15.8. The lowest BCUT2D eigenvalue weighted by atomic mass is 10.0. The Kier molecular flexibility index (Phi) is 38.6. The van der Waals surface area contributed by atoms with E-state index in [9.17, 15) is 29.3 Å². The first-order valence-corrected chi connectivity index (χ1v) is 23.1. The van der Waals surface area contributed by atoms with Gasteiger partial charge >= 0.3 is 19.8 Å². The van der Waals surface area contributed by atoms with E-state index in [4.69, 9.17) is 18.5 Å². The molecule has 0 aliphatic heterocycles. The highest BCUT2D eigenvalue weighted by atomic mass is 31.2. The average molecular weight is 799 g/mol.